The van der Waals surface area contributed by atoms with Crippen LogP contribution in [0.3, 0.4) is 0 Å². The standard InChI is InChI=1S/C19H26N2O4S/c1-13-15-11-14(24-10-7-21-5-8-23-9-6-21)12-20-17(15)26-16(13)18(22)25-19(2,3)4/h11-12H,5-10H2,1-4H3. The van der Waals surface area contributed by atoms with Gasteiger partial charge < -0.3 is 14.2 Å². The fourth-order valence-corrected chi connectivity index (χ4v) is 3.80. The number of aromatic nitrogens is 1. The Morgan fingerprint density at radius 1 is 1.35 bits per heavy atom. The average Bonchev–Trinajstić information content (AvgIpc) is 2.91. The number of hydrogen-bond acceptors (Lipinski definition) is 7. The molecule has 0 saturated carbocycles. The number of carbonyl (C=O) groups is 1. The van der Waals surface area contributed by atoms with Crippen LogP contribution < -0.4 is 4.74 Å². The van der Waals surface area contributed by atoms with Crippen LogP contribution in [0.5, 0.6) is 5.75 Å². The summed E-state index contributed by atoms with van der Waals surface area (Å²) in [7, 11) is 0. The number of esters is 1. The fraction of sp³-hybridized carbons (Fsp3) is 0.579. The summed E-state index contributed by atoms with van der Waals surface area (Å²) in [6, 6.07) is 1.96. The first-order valence-corrected chi connectivity index (χ1v) is 9.70. The van der Waals surface area contributed by atoms with Gasteiger partial charge in [0.2, 0.25) is 0 Å². The van der Waals surface area contributed by atoms with E-state index in [9.17, 15) is 4.79 Å². The maximum atomic E-state index is 12.4. The first-order chi connectivity index (χ1) is 12.3. The van der Waals surface area contributed by atoms with Crippen molar-refractivity contribution in [2.24, 2.45) is 0 Å². The average molecular weight is 378 g/mol. The molecular weight excluding hydrogens is 352 g/mol. The smallest absolute Gasteiger partial charge is 0.349 e. The molecule has 0 radical (unpaired) electrons. The molecular formula is C19H26N2O4S. The number of carbonyl (C=O) groups excluding carboxylic acids is 1. The SMILES string of the molecule is Cc1c(C(=O)OC(C)(C)C)sc2ncc(OCCN3CCOCC3)cc12. The van der Waals surface area contributed by atoms with Gasteiger partial charge in [0, 0.05) is 25.0 Å². The van der Waals surface area contributed by atoms with Gasteiger partial charge in [-0.3, -0.25) is 4.90 Å². The van der Waals surface area contributed by atoms with E-state index < -0.39 is 5.60 Å². The van der Waals surface area contributed by atoms with Gasteiger partial charge in [-0.25, -0.2) is 9.78 Å². The van der Waals surface area contributed by atoms with Crippen LogP contribution in [-0.2, 0) is 9.47 Å². The number of ether oxygens (including phenoxy) is 3. The third kappa shape index (κ3) is 4.72. The van der Waals surface area contributed by atoms with Crippen LogP contribution in [0.2, 0.25) is 0 Å². The molecule has 0 spiro atoms. The molecule has 1 aliphatic rings. The topological polar surface area (TPSA) is 60.9 Å². The summed E-state index contributed by atoms with van der Waals surface area (Å²) in [5, 5.41) is 0.944. The lowest BCUT2D eigenvalue weighted by Crippen LogP contribution is -2.38. The number of rotatable bonds is 5. The van der Waals surface area contributed by atoms with Gasteiger partial charge in [0.1, 0.15) is 27.7 Å². The Hall–Kier alpha value is -1.70. The van der Waals surface area contributed by atoms with E-state index in [1.165, 1.54) is 11.3 Å². The monoisotopic (exact) mass is 378 g/mol. The van der Waals surface area contributed by atoms with E-state index >= 15 is 0 Å². The van der Waals surface area contributed by atoms with Crippen molar-refractivity contribution in [3.05, 3.63) is 22.7 Å². The van der Waals surface area contributed by atoms with E-state index in [-0.39, 0.29) is 5.97 Å². The zero-order valence-electron chi connectivity index (χ0n) is 15.8. The Bertz CT molecular complexity index is 776. The van der Waals surface area contributed by atoms with Crippen LogP contribution in [0.25, 0.3) is 10.2 Å². The van der Waals surface area contributed by atoms with E-state index in [2.05, 4.69) is 9.88 Å². The molecule has 0 unspecified atom stereocenters. The van der Waals surface area contributed by atoms with Gasteiger partial charge in [0.15, 0.2) is 0 Å². The molecule has 26 heavy (non-hydrogen) atoms. The Kier molecular flexibility index (Phi) is 5.79. The number of aryl methyl sites for hydroxylation is 1. The van der Waals surface area contributed by atoms with Crippen molar-refractivity contribution in [1.29, 1.82) is 0 Å². The van der Waals surface area contributed by atoms with Crippen LogP contribution in [-0.4, -0.2) is 60.9 Å². The molecule has 0 atom stereocenters. The highest BCUT2D eigenvalue weighted by atomic mass is 32.1. The summed E-state index contributed by atoms with van der Waals surface area (Å²) in [4.78, 5) is 20.6. The van der Waals surface area contributed by atoms with Gasteiger partial charge in [-0.15, -0.1) is 11.3 Å². The molecule has 3 rings (SSSR count). The van der Waals surface area contributed by atoms with Crippen molar-refractivity contribution in [1.82, 2.24) is 9.88 Å². The molecule has 2 aromatic rings. The fourth-order valence-electron chi connectivity index (χ4n) is 2.79. The molecule has 1 saturated heterocycles. The van der Waals surface area contributed by atoms with E-state index in [0.717, 1.165) is 54.4 Å². The van der Waals surface area contributed by atoms with Crippen molar-refractivity contribution in [3.8, 4) is 5.75 Å². The minimum atomic E-state index is -0.513. The lowest BCUT2D eigenvalue weighted by Gasteiger charge is -2.26. The molecule has 1 aliphatic heterocycles. The molecule has 0 aromatic carbocycles. The summed E-state index contributed by atoms with van der Waals surface area (Å²) in [6.07, 6.45) is 1.72. The van der Waals surface area contributed by atoms with Crippen LogP contribution in [0.1, 0.15) is 36.0 Å². The Morgan fingerprint density at radius 2 is 2.08 bits per heavy atom. The molecule has 2 aromatic heterocycles. The minimum absolute atomic E-state index is 0.298. The van der Waals surface area contributed by atoms with E-state index in [0.29, 0.717) is 11.5 Å². The number of morpholine rings is 1. The Balaban J connectivity index is 1.68. The third-order valence-corrected chi connectivity index (χ3v) is 5.33. The summed E-state index contributed by atoms with van der Waals surface area (Å²) in [5.41, 5.74) is 0.381. The van der Waals surface area contributed by atoms with E-state index in [1.54, 1.807) is 6.20 Å². The van der Waals surface area contributed by atoms with Crippen LogP contribution in [0, 0.1) is 6.92 Å². The lowest BCUT2D eigenvalue weighted by atomic mass is 10.1. The van der Waals surface area contributed by atoms with E-state index in [1.807, 2.05) is 33.8 Å². The van der Waals surface area contributed by atoms with Gasteiger partial charge in [-0.2, -0.15) is 0 Å². The second-order valence-electron chi connectivity index (χ2n) is 7.38. The predicted molar refractivity (Wildman–Crippen MR) is 102 cm³/mol. The summed E-state index contributed by atoms with van der Waals surface area (Å²) < 4.78 is 16.7. The van der Waals surface area contributed by atoms with Crippen molar-refractivity contribution >= 4 is 27.5 Å². The molecule has 0 N–H and O–H groups in total. The first kappa shape index (κ1) is 19.1. The molecule has 3 heterocycles. The molecule has 142 valence electrons. The van der Waals surface area contributed by atoms with Crippen molar-refractivity contribution in [3.63, 3.8) is 0 Å². The summed E-state index contributed by atoms with van der Waals surface area (Å²) in [6.45, 7) is 12.5. The molecule has 0 bridgehead atoms. The number of nitrogens with zero attached hydrogens (tertiary/aromatic N) is 2. The van der Waals surface area contributed by atoms with Gasteiger partial charge in [0.25, 0.3) is 0 Å². The Morgan fingerprint density at radius 3 is 2.77 bits per heavy atom. The van der Waals surface area contributed by atoms with Crippen LogP contribution >= 0.6 is 11.3 Å². The predicted octanol–water partition coefficient (Wildman–Crippen LogP) is 3.27. The number of fused-ring (bicyclic) bond motifs is 1. The molecule has 7 heteroatoms. The highest BCUT2D eigenvalue weighted by Crippen LogP contribution is 2.32. The van der Waals surface area contributed by atoms with Gasteiger partial charge in [-0.05, 0) is 39.3 Å². The second-order valence-corrected chi connectivity index (χ2v) is 8.38. The van der Waals surface area contributed by atoms with Crippen LogP contribution in [0.15, 0.2) is 12.3 Å². The van der Waals surface area contributed by atoms with Crippen LogP contribution in [0.4, 0.5) is 0 Å². The van der Waals surface area contributed by atoms with Crippen molar-refractivity contribution < 1.29 is 19.0 Å². The molecule has 0 amide bonds. The zero-order valence-corrected chi connectivity index (χ0v) is 16.6. The summed E-state index contributed by atoms with van der Waals surface area (Å²) in [5.74, 6) is 0.426. The zero-order chi connectivity index (χ0) is 18.7. The lowest BCUT2D eigenvalue weighted by molar-refractivity contribution is 0.00746. The maximum Gasteiger partial charge on any atom is 0.349 e. The van der Waals surface area contributed by atoms with Gasteiger partial charge >= 0.3 is 5.97 Å². The summed E-state index contributed by atoms with van der Waals surface area (Å²) >= 11 is 1.36. The van der Waals surface area contributed by atoms with Gasteiger partial charge in [-0.1, -0.05) is 0 Å². The van der Waals surface area contributed by atoms with Crippen molar-refractivity contribution in [2.75, 3.05) is 39.5 Å². The normalized spacial score (nSPS) is 16.0. The van der Waals surface area contributed by atoms with Crippen molar-refractivity contribution in [2.45, 2.75) is 33.3 Å². The quantitative estimate of drug-likeness (QED) is 0.744. The highest BCUT2D eigenvalue weighted by molar-refractivity contribution is 7.20. The third-order valence-electron chi connectivity index (χ3n) is 4.13. The number of thiophene rings is 1. The molecule has 0 aliphatic carbocycles. The highest BCUT2D eigenvalue weighted by Gasteiger charge is 2.23. The second kappa shape index (κ2) is 7.90. The largest absolute Gasteiger partial charge is 0.491 e. The maximum absolute atomic E-state index is 12.4. The van der Waals surface area contributed by atoms with Gasteiger partial charge in [0.05, 0.1) is 19.4 Å². The number of pyridine rings is 1. The Labute approximate surface area is 158 Å². The first-order valence-electron chi connectivity index (χ1n) is 8.89. The minimum Gasteiger partial charge on any atom is -0.491 e. The van der Waals surface area contributed by atoms with E-state index in [4.69, 9.17) is 14.2 Å². The molecule has 6 nitrogen and oxygen atoms in total. The number of hydrogen-bond donors (Lipinski definition) is 0. The molecule has 1 fully saturated rings.